The average Bonchev–Trinajstić information content (AvgIpc) is 3.31. The summed E-state index contributed by atoms with van der Waals surface area (Å²) < 4.78 is 1.76. The predicted molar refractivity (Wildman–Crippen MR) is 112 cm³/mol. The highest BCUT2D eigenvalue weighted by molar-refractivity contribution is 7.12. The molecule has 2 amide bonds. The molecule has 0 radical (unpaired) electrons. The summed E-state index contributed by atoms with van der Waals surface area (Å²) >= 11 is 1.33. The van der Waals surface area contributed by atoms with Crippen LogP contribution < -0.4 is 10.9 Å². The summed E-state index contributed by atoms with van der Waals surface area (Å²) in [6, 6.07) is 7.09. The van der Waals surface area contributed by atoms with Crippen LogP contribution in [0.3, 0.4) is 0 Å². The number of pyridine rings is 1. The fraction of sp³-hybridized carbons (Fsp3) is 0.286. The Morgan fingerprint density at radius 1 is 1.13 bits per heavy atom. The zero-order chi connectivity index (χ0) is 20.7. The molecule has 5 rings (SSSR count). The van der Waals surface area contributed by atoms with Crippen LogP contribution in [0.1, 0.15) is 38.2 Å². The number of carbonyl (C=O) groups excluding carboxylic acids is 2. The van der Waals surface area contributed by atoms with E-state index in [0.717, 1.165) is 12.1 Å². The third-order valence-electron chi connectivity index (χ3n) is 5.67. The van der Waals surface area contributed by atoms with Crippen molar-refractivity contribution < 1.29 is 9.59 Å². The Labute approximate surface area is 176 Å². The molecule has 2 bridgehead atoms. The Kier molecular flexibility index (Phi) is 4.66. The number of likely N-dealkylation sites (tertiary alicyclic amines) is 1. The molecule has 2 atom stereocenters. The van der Waals surface area contributed by atoms with E-state index < -0.39 is 0 Å². The van der Waals surface area contributed by atoms with E-state index in [0.29, 0.717) is 30.2 Å². The van der Waals surface area contributed by atoms with Gasteiger partial charge in [0.05, 0.1) is 11.1 Å². The first kappa shape index (κ1) is 18.7. The van der Waals surface area contributed by atoms with Crippen LogP contribution >= 0.6 is 11.3 Å². The number of nitrogens with one attached hydrogen (secondary N) is 1. The minimum absolute atomic E-state index is 0.0767. The molecule has 30 heavy (non-hydrogen) atoms. The van der Waals surface area contributed by atoms with Gasteiger partial charge >= 0.3 is 0 Å². The van der Waals surface area contributed by atoms with Gasteiger partial charge in [-0.2, -0.15) is 0 Å². The van der Waals surface area contributed by atoms with Crippen LogP contribution in [0, 0.1) is 5.92 Å². The summed E-state index contributed by atoms with van der Waals surface area (Å²) in [5.74, 6) is -0.154. The smallest absolute Gasteiger partial charge is 0.274 e. The van der Waals surface area contributed by atoms with Crippen LogP contribution in [0.2, 0.25) is 0 Å². The number of rotatable bonds is 3. The van der Waals surface area contributed by atoms with E-state index in [1.165, 1.54) is 23.7 Å². The van der Waals surface area contributed by atoms with Crippen molar-refractivity contribution in [1.82, 2.24) is 19.4 Å². The maximum absolute atomic E-state index is 13.0. The highest BCUT2D eigenvalue weighted by Crippen LogP contribution is 2.35. The minimum Gasteiger partial charge on any atom is -0.336 e. The van der Waals surface area contributed by atoms with Crippen LogP contribution in [0.25, 0.3) is 0 Å². The van der Waals surface area contributed by atoms with Gasteiger partial charge in [-0.05, 0) is 35.9 Å². The van der Waals surface area contributed by atoms with Gasteiger partial charge in [-0.3, -0.25) is 19.4 Å². The Morgan fingerprint density at radius 3 is 2.80 bits per heavy atom. The SMILES string of the molecule is O=C(Nc1ccc2n(c1=O)C[C@H]1C[C@@H]2CN(C(=O)c2cnccn2)C1)c1cccs1. The molecule has 1 N–H and O–H groups in total. The number of amides is 2. The molecule has 2 aliphatic heterocycles. The molecule has 152 valence electrons. The van der Waals surface area contributed by atoms with Crippen LogP contribution in [0.5, 0.6) is 0 Å². The third kappa shape index (κ3) is 3.30. The molecule has 0 spiro atoms. The summed E-state index contributed by atoms with van der Waals surface area (Å²) in [5, 5.41) is 4.56. The number of thiophene rings is 1. The Morgan fingerprint density at radius 2 is 2.03 bits per heavy atom. The van der Waals surface area contributed by atoms with Gasteiger partial charge in [-0.1, -0.05) is 6.07 Å². The lowest BCUT2D eigenvalue weighted by Gasteiger charge is -2.42. The molecule has 1 fully saturated rings. The first-order chi connectivity index (χ1) is 14.6. The number of hydrogen-bond donors (Lipinski definition) is 1. The van der Waals surface area contributed by atoms with E-state index in [1.807, 2.05) is 16.3 Å². The van der Waals surface area contributed by atoms with Crippen LogP contribution in [0.15, 0.2) is 53.0 Å². The average molecular weight is 421 g/mol. The summed E-state index contributed by atoms with van der Waals surface area (Å²) in [6.45, 7) is 1.63. The van der Waals surface area contributed by atoms with Gasteiger partial charge in [0.25, 0.3) is 17.4 Å². The lowest BCUT2D eigenvalue weighted by molar-refractivity contribution is 0.0588. The van der Waals surface area contributed by atoms with Crippen molar-refractivity contribution >= 4 is 28.8 Å². The molecule has 0 aromatic carbocycles. The van der Waals surface area contributed by atoms with E-state index in [4.69, 9.17) is 0 Å². The molecule has 0 aliphatic carbocycles. The molecule has 3 aromatic heterocycles. The predicted octanol–water partition coefficient (Wildman–Crippen LogP) is 2.21. The van der Waals surface area contributed by atoms with E-state index in [9.17, 15) is 14.4 Å². The van der Waals surface area contributed by atoms with Crippen molar-refractivity contribution in [2.24, 2.45) is 5.92 Å². The monoisotopic (exact) mass is 421 g/mol. The molecule has 3 aromatic rings. The van der Waals surface area contributed by atoms with Gasteiger partial charge in [-0.25, -0.2) is 4.98 Å². The second kappa shape index (κ2) is 7.49. The number of aromatic nitrogens is 3. The van der Waals surface area contributed by atoms with E-state index in [-0.39, 0.29) is 34.9 Å². The van der Waals surface area contributed by atoms with Crippen molar-refractivity contribution in [3.05, 3.63) is 74.9 Å². The summed E-state index contributed by atoms with van der Waals surface area (Å²) in [4.78, 5) is 48.7. The molecule has 0 saturated carbocycles. The number of carbonyl (C=O) groups is 2. The number of anilines is 1. The zero-order valence-corrected chi connectivity index (χ0v) is 16.8. The summed E-state index contributed by atoms with van der Waals surface area (Å²) in [5.41, 5.74) is 1.33. The molecule has 8 nitrogen and oxygen atoms in total. The second-order valence-electron chi connectivity index (χ2n) is 7.62. The molecular weight excluding hydrogens is 402 g/mol. The van der Waals surface area contributed by atoms with E-state index in [2.05, 4.69) is 15.3 Å². The normalized spacial score (nSPS) is 19.8. The van der Waals surface area contributed by atoms with Crippen molar-refractivity contribution in [1.29, 1.82) is 0 Å². The van der Waals surface area contributed by atoms with Gasteiger partial charge in [0.2, 0.25) is 0 Å². The summed E-state index contributed by atoms with van der Waals surface area (Å²) in [7, 11) is 0. The topological polar surface area (TPSA) is 97.2 Å². The fourth-order valence-electron chi connectivity index (χ4n) is 4.37. The molecule has 5 heterocycles. The standard InChI is InChI=1S/C21H19N5O3S/c27-19(18-2-1-7-30-18)24-15-3-4-17-14-8-13(11-26(17)21(15)29)10-25(12-14)20(28)16-9-22-5-6-23-16/h1-7,9,13-14H,8,10-12H2,(H,24,27)/t13-,14+/m0/s1. The number of fused-ring (bicyclic) bond motifs is 4. The lowest BCUT2D eigenvalue weighted by Crippen LogP contribution is -2.49. The van der Waals surface area contributed by atoms with Gasteiger partial charge < -0.3 is 14.8 Å². The van der Waals surface area contributed by atoms with Crippen molar-refractivity contribution in [2.75, 3.05) is 18.4 Å². The van der Waals surface area contributed by atoms with E-state index in [1.54, 1.807) is 29.0 Å². The lowest BCUT2D eigenvalue weighted by atomic mass is 9.83. The Balaban J connectivity index is 1.39. The number of piperidine rings is 1. The summed E-state index contributed by atoms with van der Waals surface area (Å²) in [6.07, 6.45) is 5.47. The molecule has 9 heteroatoms. The van der Waals surface area contributed by atoms with Gasteiger partial charge in [0.15, 0.2) is 0 Å². The molecular formula is C21H19N5O3S. The minimum atomic E-state index is -0.278. The van der Waals surface area contributed by atoms with Crippen molar-refractivity contribution in [3.8, 4) is 0 Å². The Hall–Kier alpha value is -3.33. The van der Waals surface area contributed by atoms with Gasteiger partial charge in [-0.15, -0.1) is 11.3 Å². The number of nitrogens with zero attached hydrogens (tertiary/aromatic N) is 4. The zero-order valence-electron chi connectivity index (χ0n) is 16.0. The highest BCUT2D eigenvalue weighted by Gasteiger charge is 2.37. The van der Waals surface area contributed by atoms with Gasteiger partial charge in [0.1, 0.15) is 11.4 Å². The quantitative estimate of drug-likeness (QED) is 0.699. The van der Waals surface area contributed by atoms with Crippen LogP contribution in [0.4, 0.5) is 5.69 Å². The molecule has 1 saturated heterocycles. The third-order valence-corrected chi connectivity index (χ3v) is 6.54. The second-order valence-corrected chi connectivity index (χ2v) is 8.57. The van der Waals surface area contributed by atoms with Crippen LogP contribution in [-0.2, 0) is 6.54 Å². The highest BCUT2D eigenvalue weighted by atomic mass is 32.1. The Bertz CT molecular complexity index is 1160. The molecule has 2 aliphatic rings. The fourth-order valence-corrected chi connectivity index (χ4v) is 4.99. The van der Waals surface area contributed by atoms with Crippen molar-refractivity contribution in [3.63, 3.8) is 0 Å². The molecule has 0 unspecified atom stereocenters. The largest absolute Gasteiger partial charge is 0.336 e. The van der Waals surface area contributed by atoms with E-state index >= 15 is 0 Å². The van der Waals surface area contributed by atoms with Crippen LogP contribution in [-0.4, -0.2) is 44.3 Å². The maximum Gasteiger partial charge on any atom is 0.274 e. The first-order valence-electron chi connectivity index (χ1n) is 9.74. The maximum atomic E-state index is 13.0. The van der Waals surface area contributed by atoms with Gasteiger partial charge in [0, 0.05) is 43.6 Å². The first-order valence-corrected chi connectivity index (χ1v) is 10.6. The number of hydrogen-bond acceptors (Lipinski definition) is 6. The van der Waals surface area contributed by atoms with Crippen molar-refractivity contribution in [2.45, 2.75) is 18.9 Å².